The molecule has 1 amide bonds. The number of para-hydroxylation sites is 2. The fourth-order valence-corrected chi connectivity index (χ4v) is 1.71. The number of carbonyl (C=O) groups excluding carboxylic acids is 1. The van der Waals surface area contributed by atoms with Gasteiger partial charge in [0.1, 0.15) is 5.75 Å². The molecule has 4 nitrogen and oxygen atoms in total. The molecule has 2 N–H and O–H groups in total. The summed E-state index contributed by atoms with van der Waals surface area (Å²) in [5.74, 6) is 0.546. The van der Waals surface area contributed by atoms with E-state index in [1.165, 1.54) is 0 Å². The second-order valence-corrected chi connectivity index (χ2v) is 4.32. The van der Waals surface area contributed by atoms with E-state index < -0.39 is 5.41 Å². The second-order valence-electron chi connectivity index (χ2n) is 4.32. The quantitative estimate of drug-likeness (QED) is 0.818. The lowest BCUT2D eigenvalue weighted by Crippen LogP contribution is -2.27. The lowest BCUT2D eigenvalue weighted by atomic mass is 10.1. The van der Waals surface area contributed by atoms with Crippen LogP contribution in [0.2, 0.25) is 0 Å². The van der Waals surface area contributed by atoms with Gasteiger partial charge in [-0.3, -0.25) is 4.79 Å². The summed E-state index contributed by atoms with van der Waals surface area (Å²) in [6.45, 7) is 2.36. The average Bonchev–Trinajstić information content (AvgIpc) is 3.13. The molecule has 0 aliphatic heterocycles. The Labute approximate surface area is 101 Å². The van der Waals surface area contributed by atoms with Crippen LogP contribution in [-0.4, -0.2) is 24.2 Å². The molecule has 0 atom stereocenters. The van der Waals surface area contributed by atoms with E-state index in [4.69, 9.17) is 4.74 Å². The van der Waals surface area contributed by atoms with Crippen molar-refractivity contribution in [2.24, 2.45) is 5.41 Å². The highest BCUT2D eigenvalue weighted by atomic mass is 16.5. The number of ether oxygens (including phenoxy) is 1. The Morgan fingerprint density at radius 3 is 2.76 bits per heavy atom. The lowest BCUT2D eigenvalue weighted by molar-refractivity contribution is -0.122. The minimum atomic E-state index is -0.556. The van der Waals surface area contributed by atoms with E-state index >= 15 is 0 Å². The van der Waals surface area contributed by atoms with Gasteiger partial charge in [-0.1, -0.05) is 12.1 Å². The van der Waals surface area contributed by atoms with E-state index in [-0.39, 0.29) is 12.5 Å². The average molecular weight is 235 g/mol. The molecule has 0 aromatic heterocycles. The summed E-state index contributed by atoms with van der Waals surface area (Å²) in [6, 6.07) is 7.32. The highest BCUT2D eigenvalue weighted by Gasteiger charge is 2.49. The summed E-state index contributed by atoms with van der Waals surface area (Å²) in [5, 5.41) is 12.0. The van der Waals surface area contributed by atoms with E-state index in [2.05, 4.69) is 5.32 Å². The number of nitrogens with one attached hydrogen (secondary N) is 1. The van der Waals surface area contributed by atoms with Crippen LogP contribution in [0.25, 0.3) is 0 Å². The van der Waals surface area contributed by atoms with Gasteiger partial charge in [-0.05, 0) is 31.9 Å². The van der Waals surface area contributed by atoms with Crippen molar-refractivity contribution < 1.29 is 14.6 Å². The van der Waals surface area contributed by atoms with Crippen LogP contribution in [0.15, 0.2) is 24.3 Å². The third kappa shape index (κ3) is 2.42. The van der Waals surface area contributed by atoms with Gasteiger partial charge in [0, 0.05) is 0 Å². The topological polar surface area (TPSA) is 58.6 Å². The number of anilines is 1. The van der Waals surface area contributed by atoms with Crippen molar-refractivity contribution in [3.63, 3.8) is 0 Å². The smallest absolute Gasteiger partial charge is 0.233 e. The molecule has 0 radical (unpaired) electrons. The highest BCUT2D eigenvalue weighted by Crippen LogP contribution is 2.46. The van der Waals surface area contributed by atoms with Crippen LogP contribution < -0.4 is 10.1 Å². The van der Waals surface area contributed by atoms with Crippen molar-refractivity contribution >= 4 is 11.6 Å². The standard InChI is InChI=1S/C13H17NO3/c1-2-17-11-6-4-3-5-10(11)14-12(16)13(9-15)7-8-13/h3-6,15H,2,7-9H2,1H3,(H,14,16). The zero-order valence-corrected chi connectivity index (χ0v) is 9.90. The van der Waals surface area contributed by atoms with Crippen molar-refractivity contribution in [3.8, 4) is 5.75 Å². The molecule has 2 rings (SSSR count). The van der Waals surface area contributed by atoms with E-state index in [0.29, 0.717) is 18.0 Å². The lowest BCUT2D eigenvalue weighted by Gasteiger charge is -2.15. The maximum Gasteiger partial charge on any atom is 0.233 e. The van der Waals surface area contributed by atoms with Crippen LogP contribution in [0.3, 0.4) is 0 Å². The Morgan fingerprint density at radius 2 is 2.18 bits per heavy atom. The van der Waals surface area contributed by atoms with Gasteiger partial charge < -0.3 is 15.2 Å². The van der Waals surface area contributed by atoms with Crippen molar-refractivity contribution in [1.29, 1.82) is 0 Å². The van der Waals surface area contributed by atoms with Gasteiger partial charge >= 0.3 is 0 Å². The first-order valence-corrected chi connectivity index (χ1v) is 5.86. The summed E-state index contributed by atoms with van der Waals surface area (Å²) in [6.07, 6.45) is 1.51. The Kier molecular flexibility index (Phi) is 3.33. The van der Waals surface area contributed by atoms with Crippen molar-refractivity contribution in [2.45, 2.75) is 19.8 Å². The van der Waals surface area contributed by atoms with E-state index in [1.54, 1.807) is 6.07 Å². The van der Waals surface area contributed by atoms with Crippen LogP contribution in [0.5, 0.6) is 5.75 Å². The SMILES string of the molecule is CCOc1ccccc1NC(=O)C1(CO)CC1. The molecule has 1 fully saturated rings. The predicted molar refractivity (Wildman–Crippen MR) is 65.0 cm³/mol. The van der Waals surface area contributed by atoms with Gasteiger partial charge in [0.15, 0.2) is 0 Å². The van der Waals surface area contributed by atoms with E-state index in [1.807, 2.05) is 25.1 Å². The molecule has 0 saturated heterocycles. The van der Waals surface area contributed by atoms with Gasteiger partial charge in [0.25, 0.3) is 0 Å². The summed E-state index contributed by atoms with van der Waals surface area (Å²) in [7, 11) is 0. The van der Waals surface area contributed by atoms with Gasteiger partial charge in [0.2, 0.25) is 5.91 Å². The van der Waals surface area contributed by atoms with Crippen LogP contribution >= 0.6 is 0 Å². The highest BCUT2D eigenvalue weighted by molar-refractivity contribution is 5.98. The molecule has 0 unspecified atom stereocenters. The summed E-state index contributed by atoms with van der Waals surface area (Å²) >= 11 is 0. The fraction of sp³-hybridized carbons (Fsp3) is 0.462. The molecule has 92 valence electrons. The van der Waals surface area contributed by atoms with E-state index in [0.717, 1.165) is 12.8 Å². The minimum absolute atomic E-state index is 0.0877. The molecular weight excluding hydrogens is 218 g/mol. The number of carbonyl (C=O) groups is 1. The molecule has 1 aliphatic rings. The van der Waals surface area contributed by atoms with Crippen molar-refractivity contribution in [1.82, 2.24) is 0 Å². The molecule has 1 aromatic carbocycles. The summed E-state index contributed by atoms with van der Waals surface area (Å²) < 4.78 is 5.43. The largest absolute Gasteiger partial charge is 0.492 e. The molecule has 1 saturated carbocycles. The zero-order chi connectivity index (χ0) is 12.3. The first-order chi connectivity index (χ1) is 8.22. The van der Waals surface area contributed by atoms with Gasteiger partial charge in [-0.25, -0.2) is 0 Å². The molecular formula is C13H17NO3. The molecule has 0 bridgehead atoms. The summed E-state index contributed by atoms with van der Waals surface area (Å²) in [4.78, 5) is 12.0. The number of hydrogen-bond acceptors (Lipinski definition) is 3. The molecule has 1 aromatic rings. The van der Waals surface area contributed by atoms with Crippen LogP contribution in [0.4, 0.5) is 5.69 Å². The Hall–Kier alpha value is -1.55. The Morgan fingerprint density at radius 1 is 1.47 bits per heavy atom. The first kappa shape index (κ1) is 11.9. The van der Waals surface area contributed by atoms with Crippen LogP contribution in [-0.2, 0) is 4.79 Å². The third-order valence-electron chi connectivity index (χ3n) is 3.07. The number of hydrogen-bond donors (Lipinski definition) is 2. The Bertz CT molecular complexity index is 413. The predicted octanol–water partition coefficient (Wildman–Crippen LogP) is 1.80. The van der Waals surface area contributed by atoms with Gasteiger partial charge in [0.05, 0.1) is 24.3 Å². The first-order valence-electron chi connectivity index (χ1n) is 5.86. The maximum atomic E-state index is 12.0. The van der Waals surface area contributed by atoms with Crippen LogP contribution in [0, 0.1) is 5.41 Å². The minimum Gasteiger partial charge on any atom is -0.492 e. The molecule has 4 heteroatoms. The molecule has 1 aliphatic carbocycles. The summed E-state index contributed by atoms with van der Waals surface area (Å²) in [5.41, 5.74) is 0.110. The van der Waals surface area contributed by atoms with Crippen molar-refractivity contribution in [3.05, 3.63) is 24.3 Å². The third-order valence-corrected chi connectivity index (χ3v) is 3.07. The second kappa shape index (κ2) is 4.75. The monoisotopic (exact) mass is 235 g/mol. The normalized spacial score (nSPS) is 16.4. The van der Waals surface area contributed by atoms with Gasteiger partial charge in [-0.15, -0.1) is 0 Å². The van der Waals surface area contributed by atoms with Crippen molar-refractivity contribution in [2.75, 3.05) is 18.5 Å². The number of aliphatic hydroxyl groups is 1. The maximum absolute atomic E-state index is 12.0. The van der Waals surface area contributed by atoms with Gasteiger partial charge in [-0.2, -0.15) is 0 Å². The van der Waals surface area contributed by atoms with E-state index in [9.17, 15) is 9.90 Å². The molecule has 0 spiro atoms. The zero-order valence-electron chi connectivity index (χ0n) is 9.90. The van der Waals surface area contributed by atoms with Crippen LogP contribution in [0.1, 0.15) is 19.8 Å². The molecule has 0 heterocycles. The number of amides is 1. The molecule has 17 heavy (non-hydrogen) atoms. The fourth-order valence-electron chi connectivity index (χ4n) is 1.71. The number of benzene rings is 1. The Balaban J connectivity index is 2.10. The number of aliphatic hydroxyl groups excluding tert-OH is 1. The number of rotatable bonds is 5.